The Bertz CT molecular complexity index is 248. The smallest absolute Gasteiger partial charge is 0.252 e. The molecule has 4 nitrogen and oxygen atoms in total. The largest absolute Gasteiger partial charge is 0.399 e. The summed E-state index contributed by atoms with van der Waals surface area (Å²) in [6.45, 7) is 2.28. The number of unbranched alkanes of at least 4 members (excludes halogenated alkanes) is 9. The molecule has 0 heterocycles. The lowest BCUT2D eigenvalue weighted by atomic mass is 10.1. The van der Waals surface area contributed by atoms with Crippen LogP contribution in [0.3, 0.4) is 0 Å². The molecular formula is C14H31BrO4S. The molecule has 0 rings (SSSR count). The van der Waals surface area contributed by atoms with E-state index >= 15 is 0 Å². The second kappa shape index (κ2) is 17.4. The second-order valence-electron chi connectivity index (χ2n) is 4.61. The maximum Gasteiger partial charge on any atom is 0.399 e. The fourth-order valence-corrected chi connectivity index (χ4v) is 2.18. The lowest BCUT2D eigenvalue weighted by molar-refractivity contribution is 0.286. The van der Waals surface area contributed by atoms with E-state index in [0.29, 0.717) is 0 Å². The number of hydrogen-bond donors (Lipinski definition) is 0. The zero-order valence-corrected chi connectivity index (χ0v) is 15.6. The van der Waals surface area contributed by atoms with Crippen molar-refractivity contribution in [3.8, 4) is 0 Å². The Morgan fingerprint density at radius 3 is 1.35 bits per heavy atom. The molecule has 0 saturated heterocycles. The highest BCUT2D eigenvalue weighted by atomic mass is 79.9. The highest BCUT2D eigenvalue weighted by Crippen LogP contribution is 2.10. The number of rotatable bonds is 12. The van der Waals surface area contributed by atoms with Gasteiger partial charge in [-0.2, -0.15) is 8.42 Å². The predicted octanol–water partition coefficient (Wildman–Crippen LogP) is 4.83. The van der Waals surface area contributed by atoms with Crippen LogP contribution in [0.15, 0.2) is 0 Å². The predicted molar refractivity (Wildman–Crippen MR) is 88.6 cm³/mol. The molecule has 124 valence electrons. The molecule has 0 aliphatic heterocycles. The van der Waals surface area contributed by atoms with E-state index in [0.717, 1.165) is 14.2 Å². The summed E-state index contributed by atoms with van der Waals surface area (Å²) >= 11 is 3.46. The van der Waals surface area contributed by atoms with Crippen LogP contribution in [-0.2, 0) is 18.8 Å². The topological polar surface area (TPSA) is 52.6 Å². The summed E-state index contributed by atoms with van der Waals surface area (Å²) < 4.78 is 27.5. The van der Waals surface area contributed by atoms with Gasteiger partial charge in [0.25, 0.3) is 0 Å². The standard InChI is InChI=1S/C12H25Br.C2H6O4S/c1-2-3-4-5-6-7-8-9-10-11-12-13;1-5-7(3,4)6-2/h2-12H2,1H3;1-2H3. The summed E-state index contributed by atoms with van der Waals surface area (Å²) in [5.74, 6) is 0. The van der Waals surface area contributed by atoms with E-state index in [-0.39, 0.29) is 0 Å². The van der Waals surface area contributed by atoms with Crippen molar-refractivity contribution in [3.63, 3.8) is 0 Å². The molecule has 0 unspecified atom stereocenters. The number of halogens is 1. The third kappa shape index (κ3) is 20.7. The molecule has 0 bridgehead atoms. The van der Waals surface area contributed by atoms with E-state index in [1.807, 2.05) is 0 Å². The first-order valence-corrected chi connectivity index (χ1v) is 9.91. The van der Waals surface area contributed by atoms with Gasteiger partial charge in [-0.15, -0.1) is 0 Å². The maximum atomic E-state index is 9.92. The van der Waals surface area contributed by atoms with Gasteiger partial charge in [-0.05, 0) is 6.42 Å². The zero-order valence-electron chi connectivity index (χ0n) is 13.2. The average Bonchev–Trinajstić information content (AvgIpc) is 2.46. The highest BCUT2D eigenvalue weighted by molar-refractivity contribution is 9.09. The van der Waals surface area contributed by atoms with Crippen LogP contribution < -0.4 is 0 Å². The van der Waals surface area contributed by atoms with Crippen LogP contribution >= 0.6 is 15.9 Å². The molecule has 0 aliphatic rings. The van der Waals surface area contributed by atoms with Crippen molar-refractivity contribution < 1.29 is 16.8 Å². The van der Waals surface area contributed by atoms with Crippen LogP contribution in [0.1, 0.15) is 71.1 Å². The number of hydrogen-bond acceptors (Lipinski definition) is 4. The molecular weight excluding hydrogens is 344 g/mol. The molecule has 0 spiro atoms. The summed E-state index contributed by atoms with van der Waals surface area (Å²) in [7, 11) is -1.60. The molecule has 0 amide bonds. The van der Waals surface area contributed by atoms with Gasteiger partial charge in [-0.3, -0.25) is 8.37 Å². The maximum absolute atomic E-state index is 9.92. The van der Waals surface area contributed by atoms with Crippen molar-refractivity contribution in [1.29, 1.82) is 0 Å². The Balaban J connectivity index is 0. The van der Waals surface area contributed by atoms with Gasteiger partial charge in [-0.25, -0.2) is 0 Å². The molecule has 0 aromatic rings. The highest BCUT2D eigenvalue weighted by Gasteiger charge is 2.01. The molecule has 0 aliphatic carbocycles. The Morgan fingerprint density at radius 1 is 0.750 bits per heavy atom. The van der Waals surface area contributed by atoms with Crippen LogP contribution in [0.5, 0.6) is 0 Å². The Labute approximate surface area is 134 Å². The molecule has 0 N–H and O–H groups in total. The SMILES string of the molecule is CCCCCCCCCCCCBr.COS(=O)(=O)OC. The van der Waals surface area contributed by atoms with E-state index in [1.165, 1.54) is 69.5 Å². The number of alkyl halides is 1. The summed E-state index contributed by atoms with van der Waals surface area (Å²) in [6.07, 6.45) is 14.3. The summed E-state index contributed by atoms with van der Waals surface area (Å²) in [5, 5.41) is 1.18. The molecule has 0 fully saturated rings. The van der Waals surface area contributed by atoms with Crippen LogP contribution in [0.2, 0.25) is 0 Å². The molecule has 20 heavy (non-hydrogen) atoms. The normalized spacial score (nSPS) is 11.0. The molecule has 0 saturated carbocycles. The van der Waals surface area contributed by atoms with E-state index in [2.05, 4.69) is 31.2 Å². The van der Waals surface area contributed by atoms with Gasteiger partial charge in [0, 0.05) is 5.33 Å². The minimum absolute atomic E-state index is 1.03. The van der Waals surface area contributed by atoms with Crippen molar-refractivity contribution in [3.05, 3.63) is 0 Å². The van der Waals surface area contributed by atoms with Gasteiger partial charge < -0.3 is 0 Å². The van der Waals surface area contributed by atoms with Crippen LogP contribution in [0.4, 0.5) is 0 Å². The first-order valence-electron chi connectivity index (χ1n) is 7.46. The molecule has 0 aromatic carbocycles. The average molecular weight is 375 g/mol. The molecule has 0 radical (unpaired) electrons. The van der Waals surface area contributed by atoms with Gasteiger partial charge in [0.15, 0.2) is 0 Å². The first-order chi connectivity index (χ1) is 9.54. The van der Waals surface area contributed by atoms with Crippen molar-refractivity contribution >= 4 is 26.3 Å². The van der Waals surface area contributed by atoms with Crippen LogP contribution in [0, 0.1) is 0 Å². The molecule has 0 atom stereocenters. The fraction of sp³-hybridized carbons (Fsp3) is 1.00. The molecule has 0 aromatic heterocycles. The van der Waals surface area contributed by atoms with Crippen molar-refractivity contribution in [1.82, 2.24) is 0 Å². The summed E-state index contributed by atoms with van der Waals surface area (Å²) in [4.78, 5) is 0. The minimum atomic E-state index is -3.66. The van der Waals surface area contributed by atoms with Gasteiger partial charge in [0.05, 0.1) is 14.2 Å². The zero-order chi connectivity index (χ0) is 15.7. The van der Waals surface area contributed by atoms with Gasteiger partial charge >= 0.3 is 10.4 Å². The van der Waals surface area contributed by atoms with Gasteiger partial charge in [-0.1, -0.05) is 80.6 Å². The van der Waals surface area contributed by atoms with Gasteiger partial charge in [0.1, 0.15) is 0 Å². The van der Waals surface area contributed by atoms with Crippen molar-refractivity contribution in [2.45, 2.75) is 71.1 Å². The lowest BCUT2D eigenvalue weighted by Gasteiger charge is -2.00. The van der Waals surface area contributed by atoms with E-state index < -0.39 is 10.4 Å². The lowest BCUT2D eigenvalue weighted by Crippen LogP contribution is -2.02. The Hall–Kier alpha value is 0.350. The first kappa shape index (κ1) is 22.6. The summed E-state index contributed by atoms with van der Waals surface area (Å²) in [6, 6.07) is 0. The second-order valence-corrected chi connectivity index (χ2v) is 6.89. The van der Waals surface area contributed by atoms with E-state index in [1.54, 1.807) is 0 Å². The third-order valence-electron chi connectivity index (χ3n) is 2.90. The third-order valence-corrected chi connectivity index (χ3v) is 4.27. The quantitative estimate of drug-likeness (QED) is 0.362. The summed E-state index contributed by atoms with van der Waals surface area (Å²) in [5.41, 5.74) is 0. The van der Waals surface area contributed by atoms with E-state index in [4.69, 9.17) is 0 Å². The Kier molecular flexibility index (Phi) is 19.7. The fourth-order valence-electron chi connectivity index (χ4n) is 1.65. The van der Waals surface area contributed by atoms with Crippen molar-refractivity contribution in [2.75, 3.05) is 19.5 Å². The monoisotopic (exact) mass is 374 g/mol. The minimum Gasteiger partial charge on any atom is -0.252 e. The van der Waals surface area contributed by atoms with Crippen molar-refractivity contribution in [2.24, 2.45) is 0 Å². The van der Waals surface area contributed by atoms with Gasteiger partial charge in [0.2, 0.25) is 0 Å². The van der Waals surface area contributed by atoms with Crippen LogP contribution in [0.25, 0.3) is 0 Å². The van der Waals surface area contributed by atoms with Crippen LogP contribution in [-0.4, -0.2) is 28.0 Å². The van der Waals surface area contributed by atoms with E-state index in [9.17, 15) is 8.42 Å². The molecule has 6 heteroatoms. The Morgan fingerprint density at radius 2 is 1.10 bits per heavy atom.